The molecule has 6 heteroatoms. The average Bonchev–Trinajstić information content (AvgIpc) is 3.12. The Kier molecular flexibility index (Phi) is 5.16. The van der Waals surface area contributed by atoms with Gasteiger partial charge in [0.1, 0.15) is 11.5 Å². The van der Waals surface area contributed by atoms with Gasteiger partial charge in [0.15, 0.2) is 0 Å². The summed E-state index contributed by atoms with van der Waals surface area (Å²) in [6.45, 7) is 3.77. The van der Waals surface area contributed by atoms with Crippen molar-refractivity contribution in [2.45, 2.75) is 19.3 Å². The van der Waals surface area contributed by atoms with Gasteiger partial charge in [-0.3, -0.25) is 9.20 Å². The number of pyridine rings is 1. The summed E-state index contributed by atoms with van der Waals surface area (Å²) < 4.78 is 15.3. The van der Waals surface area contributed by atoms with E-state index < -0.39 is 0 Å². The third-order valence-corrected chi connectivity index (χ3v) is 5.05. The van der Waals surface area contributed by atoms with Crippen LogP contribution in [0.3, 0.4) is 0 Å². The van der Waals surface area contributed by atoms with E-state index in [2.05, 4.69) is 15.2 Å². The molecule has 27 heavy (non-hydrogen) atoms. The molecule has 1 aliphatic rings. The molecule has 0 radical (unpaired) electrons. The molecule has 4 rings (SSSR count). The Hall–Kier alpha value is -2.73. The number of benzene rings is 1. The Balaban J connectivity index is 1.46. The van der Waals surface area contributed by atoms with Crippen LogP contribution in [0, 0.1) is 5.82 Å². The number of fused-ring (bicyclic) bond motifs is 1. The fraction of sp³-hybridized carbons (Fsp3) is 0.333. The molecular weight excluding hydrogens is 343 g/mol. The molecule has 0 aliphatic carbocycles. The van der Waals surface area contributed by atoms with Crippen LogP contribution in [0.4, 0.5) is 4.39 Å². The second-order valence-electron chi connectivity index (χ2n) is 6.96. The molecule has 1 fully saturated rings. The number of amides is 1. The lowest BCUT2D eigenvalue weighted by molar-refractivity contribution is 0.0946. The zero-order chi connectivity index (χ0) is 18.6. The van der Waals surface area contributed by atoms with Crippen LogP contribution >= 0.6 is 0 Å². The maximum atomic E-state index is 13.6. The van der Waals surface area contributed by atoms with Gasteiger partial charge in [-0.1, -0.05) is 18.6 Å². The van der Waals surface area contributed by atoms with E-state index >= 15 is 0 Å². The summed E-state index contributed by atoms with van der Waals surface area (Å²) in [5.74, 6) is -0.415. The smallest absolute Gasteiger partial charge is 0.251 e. The number of hydrogen-bond acceptors (Lipinski definition) is 3. The van der Waals surface area contributed by atoms with E-state index in [1.54, 1.807) is 22.7 Å². The molecule has 1 saturated heterocycles. The van der Waals surface area contributed by atoms with Gasteiger partial charge in [0.2, 0.25) is 0 Å². The van der Waals surface area contributed by atoms with Crippen molar-refractivity contribution in [1.29, 1.82) is 0 Å². The van der Waals surface area contributed by atoms with Gasteiger partial charge in [-0.15, -0.1) is 0 Å². The molecule has 0 atom stereocenters. The van der Waals surface area contributed by atoms with Gasteiger partial charge in [0, 0.05) is 30.4 Å². The van der Waals surface area contributed by atoms with Crippen molar-refractivity contribution in [3.05, 3.63) is 60.2 Å². The second-order valence-corrected chi connectivity index (χ2v) is 6.96. The highest BCUT2D eigenvalue weighted by molar-refractivity contribution is 5.95. The van der Waals surface area contributed by atoms with Crippen LogP contribution < -0.4 is 5.32 Å². The van der Waals surface area contributed by atoms with E-state index in [4.69, 9.17) is 0 Å². The number of rotatable bonds is 5. The van der Waals surface area contributed by atoms with Crippen LogP contribution in [0.1, 0.15) is 29.6 Å². The highest BCUT2D eigenvalue weighted by Gasteiger charge is 2.12. The average molecular weight is 366 g/mol. The number of likely N-dealkylation sites (tertiary alicyclic amines) is 1. The van der Waals surface area contributed by atoms with E-state index in [1.165, 1.54) is 31.5 Å². The summed E-state index contributed by atoms with van der Waals surface area (Å²) in [6.07, 6.45) is 6.90. The first-order valence-corrected chi connectivity index (χ1v) is 9.44. The molecule has 140 valence electrons. The lowest BCUT2D eigenvalue weighted by Gasteiger charge is -2.26. The van der Waals surface area contributed by atoms with Crippen molar-refractivity contribution in [2.24, 2.45) is 0 Å². The minimum Gasteiger partial charge on any atom is -0.351 e. The molecule has 3 heterocycles. The van der Waals surface area contributed by atoms with Crippen LogP contribution in [0.5, 0.6) is 0 Å². The third-order valence-electron chi connectivity index (χ3n) is 5.05. The molecule has 1 amide bonds. The quantitative estimate of drug-likeness (QED) is 0.753. The SMILES string of the molecule is O=C(NCCN1CCCCC1)c1cccc(-c2cnc3ccc(F)cn23)c1. The summed E-state index contributed by atoms with van der Waals surface area (Å²) in [5, 5.41) is 3.00. The third kappa shape index (κ3) is 4.01. The molecule has 1 N–H and O–H groups in total. The standard InChI is InChI=1S/C21H23FN4O/c22-18-7-8-20-24-14-19(26(20)15-18)16-5-4-6-17(13-16)21(27)23-9-12-25-10-2-1-3-11-25/h4-8,13-15H,1-3,9-12H2,(H,23,27). The first-order chi connectivity index (χ1) is 13.2. The Morgan fingerprint density at radius 3 is 2.85 bits per heavy atom. The lowest BCUT2D eigenvalue weighted by atomic mass is 10.1. The molecule has 2 aromatic heterocycles. The van der Waals surface area contributed by atoms with Crippen LogP contribution in [-0.2, 0) is 0 Å². The first-order valence-electron chi connectivity index (χ1n) is 9.44. The molecule has 1 aliphatic heterocycles. The van der Waals surface area contributed by atoms with Gasteiger partial charge in [-0.25, -0.2) is 9.37 Å². The summed E-state index contributed by atoms with van der Waals surface area (Å²) in [4.78, 5) is 19.2. The number of nitrogens with one attached hydrogen (secondary N) is 1. The Morgan fingerprint density at radius 2 is 2.00 bits per heavy atom. The molecule has 0 bridgehead atoms. The maximum absolute atomic E-state index is 13.6. The van der Waals surface area contributed by atoms with Gasteiger partial charge < -0.3 is 10.2 Å². The van der Waals surface area contributed by atoms with Crippen LogP contribution in [0.2, 0.25) is 0 Å². The largest absolute Gasteiger partial charge is 0.351 e. The summed E-state index contributed by atoms with van der Waals surface area (Å²) in [6, 6.07) is 10.4. The lowest BCUT2D eigenvalue weighted by Crippen LogP contribution is -2.37. The van der Waals surface area contributed by atoms with Crippen molar-refractivity contribution in [1.82, 2.24) is 19.6 Å². The van der Waals surface area contributed by atoms with Crippen molar-refractivity contribution in [3.63, 3.8) is 0 Å². The number of piperidine rings is 1. The Labute approximate surface area is 157 Å². The van der Waals surface area contributed by atoms with Crippen molar-refractivity contribution in [2.75, 3.05) is 26.2 Å². The van der Waals surface area contributed by atoms with Crippen molar-refractivity contribution in [3.8, 4) is 11.3 Å². The van der Waals surface area contributed by atoms with E-state index in [1.807, 2.05) is 18.2 Å². The first kappa shape index (κ1) is 17.7. The Bertz CT molecular complexity index is 946. The summed E-state index contributed by atoms with van der Waals surface area (Å²) >= 11 is 0. The van der Waals surface area contributed by atoms with E-state index in [9.17, 15) is 9.18 Å². The molecule has 1 aromatic carbocycles. The zero-order valence-electron chi connectivity index (χ0n) is 15.2. The fourth-order valence-electron chi connectivity index (χ4n) is 3.60. The predicted octanol–water partition coefficient (Wildman–Crippen LogP) is 3.36. The highest BCUT2D eigenvalue weighted by atomic mass is 19.1. The normalized spacial score (nSPS) is 15.1. The fourth-order valence-corrected chi connectivity index (χ4v) is 3.60. The molecule has 0 spiro atoms. The molecular formula is C21H23FN4O. The number of hydrogen-bond donors (Lipinski definition) is 1. The van der Waals surface area contributed by atoms with Gasteiger partial charge in [0.05, 0.1) is 11.9 Å². The minimum atomic E-state index is -0.326. The number of nitrogens with zero attached hydrogens (tertiary/aromatic N) is 3. The number of carbonyl (C=O) groups excluding carboxylic acids is 1. The molecule has 5 nitrogen and oxygen atoms in total. The van der Waals surface area contributed by atoms with Gasteiger partial charge >= 0.3 is 0 Å². The van der Waals surface area contributed by atoms with Gasteiger partial charge in [-0.2, -0.15) is 0 Å². The number of carbonyl (C=O) groups is 1. The van der Waals surface area contributed by atoms with Gasteiger partial charge in [-0.05, 0) is 50.2 Å². The van der Waals surface area contributed by atoms with Crippen LogP contribution in [-0.4, -0.2) is 46.4 Å². The summed E-state index contributed by atoms with van der Waals surface area (Å²) in [7, 11) is 0. The number of halogens is 1. The predicted molar refractivity (Wildman–Crippen MR) is 103 cm³/mol. The maximum Gasteiger partial charge on any atom is 0.251 e. The van der Waals surface area contributed by atoms with Gasteiger partial charge in [0.25, 0.3) is 5.91 Å². The van der Waals surface area contributed by atoms with E-state index in [0.717, 1.165) is 30.9 Å². The second kappa shape index (κ2) is 7.88. The number of imidazole rings is 1. The molecule has 3 aromatic rings. The topological polar surface area (TPSA) is 49.6 Å². The van der Waals surface area contributed by atoms with Crippen LogP contribution in [0.15, 0.2) is 48.8 Å². The molecule has 0 saturated carbocycles. The molecule has 0 unspecified atom stereocenters. The van der Waals surface area contributed by atoms with Crippen molar-refractivity contribution < 1.29 is 9.18 Å². The van der Waals surface area contributed by atoms with Crippen molar-refractivity contribution >= 4 is 11.6 Å². The van der Waals surface area contributed by atoms with E-state index in [0.29, 0.717) is 17.8 Å². The highest BCUT2D eigenvalue weighted by Crippen LogP contribution is 2.22. The number of aromatic nitrogens is 2. The zero-order valence-corrected chi connectivity index (χ0v) is 15.2. The van der Waals surface area contributed by atoms with Crippen LogP contribution in [0.25, 0.3) is 16.9 Å². The van der Waals surface area contributed by atoms with E-state index in [-0.39, 0.29) is 11.7 Å². The Morgan fingerprint density at radius 1 is 1.15 bits per heavy atom. The monoisotopic (exact) mass is 366 g/mol. The summed E-state index contributed by atoms with van der Waals surface area (Å²) in [5.41, 5.74) is 2.85. The minimum absolute atomic E-state index is 0.0890.